The van der Waals surface area contributed by atoms with Gasteiger partial charge in [-0.15, -0.1) is 0 Å². The molecule has 3 aromatic rings. The average molecular weight is 382 g/mol. The second-order valence-corrected chi connectivity index (χ2v) is 7.49. The predicted molar refractivity (Wildman–Crippen MR) is 112 cm³/mol. The maximum absolute atomic E-state index is 12.6. The third-order valence-corrected chi connectivity index (χ3v) is 5.26. The Labute approximate surface area is 163 Å². The van der Waals surface area contributed by atoms with Gasteiger partial charge in [0.2, 0.25) is 0 Å². The van der Waals surface area contributed by atoms with Crippen molar-refractivity contribution in [3.05, 3.63) is 64.7 Å². The lowest BCUT2D eigenvalue weighted by Gasteiger charge is -2.08. The van der Waals surface area contributed by atoms with E-state index in [1.54, 1.807) is 7.11 Å². The van der Waals surface area contributed by atoms with Gasteiger partial charge in [0.15, 0.2) is 5.13 Å². The zero-order valence-electron chi connectivity index (χ0n) is 15.9. The number of anilines is 3. The highest BCUT2D eigenvalue weighted by Gasteiger charge is 2.16. The summed E-state index contributed by atoms with van der Waals surface area (Å²) in [5.74, 6) is 1.03. The van der Waals surface area contributed by atoms with Crippen LogP contribution < -0.4 is 15.4 Å². The Bertz CT molecular complexity index is 933. The SMILES string of the molecule is COc1ccccc1Nc1nc(C)c(C(=O)Nc2ccc(C(C)C)cc2)s1. The van der Waals surface area contributed by atoms with Crippen molar-refractivity contribution in [1.29, 1.82) is 0 Å². The van der Waals surface area contributed by atoms with Crippen molar-refractivity contribution < 1.29 is 9.53 Å². The molecule has 0 aliphatic carbocycles. The quantitative estimate of drug-likeness (QED) is 0.585. The normalized spacial score (nSPS) is 10.7. The van der Waals surface area contributed by atoms with Crippen molar-refractivity contribution in [2.75, 3.05) is 17.7 Å². The van der Waals surface area contributed by atoms with E-state index in [1.807, 2.05) is 55.5 Å². The van der Waals surface area contributed by atoms with E-state index >= 15 is 0 Å². The number of ether oxygens (including phenoxy) is 1. The molecular formula is C21H23N3O2S. The summed E-state index contributed by atoms with van der Waals surface area (Å²) in [6.45, 7) is 6.12. The number of amides is 1. The molecule has 0 aliphatic rings. The van der Waals surface area contributed by atoms with Gasteiger partial charge in [-0.2, -0.15) is 0 Å². The largest absolute Gasteiger partial charge is 0.495 e. The molecule has 0 atom stereocenters. The summed E-state index contributed by atoms with van der Waals surface area (Å²) in [6.07, 6.45) is 0. The van der Waals surface area contributed by atoms with Gasteiger partial charge in [0.05, 0.1) is 18.5 Å². The first-order valence-corrected chi connectivity index (χ1v) is 9.58. The van der Waals surface area contributed by atoms with Gasteiger partial charge in [-0.05, 0) is 42.7 Å². The van der Waals surface area contributed by atoms with Crippen LogP contribution in [-0.4, -0.2) is 18.0 Å². The number of aromatic nitrogens is 1. The van der Waals surface area contributed by atoms with Crippen LogP contribution in [0.1, 0.15) is 40.7 Å². The molecule has 1 amide bonds. The molecular weight excluding hydrogens is 358 g/mol. The number of benzene rings is 2. The summed E-state index contributed by atoms with van der Waals surface area (Å²) in [5, 5.41) is 6.82. The van der Waals surface area contributed by atoms with Crippen LogP contribution in [0.3, 0.4) is 0 Å². The molecule has 6 heteroatoms. The lowest BCUT2D eigenvalue weighted by Crippen LogP contribution is -2.11. The summed E-state index contributed by atoms with van der Waals surface area (Å²) in [5.41, 5.74) is 3.51. The van der Waals surface area contributed by atoms with Crippen molar-refractivity contribution in [3.8, 4) is 5.75 Å². The first-order chi connectivity index (χ1) is 13.0. The second-order valence-electron chi connectivity index (χ2n) is 6.49. The van der Waals surface area contributed by atoms with Crippen LogP contribution in [0.2, 0.25) is 0 Å². The van der Waals surface area contributed by atoms with E-state index in [0.717, 1.165) is 17.1 Å². The van der Waals surface area contributed by atoms with E-state index in [-0.39, 0.29) is 5.91 Å². The fraction of sp³-hybridized carbons (Fsp3) is 0.238. The summed E-state index contributed by atoms with van der Waals surface area (Å²) < 4.78 is 5.34. The van der Waals surface area contributed by atoms with Crippen LogP contribution >= 0.6 is 11.3 Å². The van der Waals surface area contributed by atoms with Gasteiger partial charge >= 0.3 is 0 Å². The zero-order chi connectivity index (χ0) is 19.4. The summed E-state index contributed by atoms with van der Waals surface area (Å²) >= 11 is 1.32. The number of para-hydroxylation sites is 2. The molecule has 1 heterocycles. The molecule has 0 saturated carbocycles. The molecule has 0 fully saturated rings. The number of thiazole rings is 1. The number of carbonyl (C=O) groups excluding carboxylic acids is 1. The third kappa shape index (κ3) is 4.46. The molecule has 1 aromatic heterocycles. The maximum atomic E-state index is 12.6. The monoisotopic (exact) mass is 381 g/mol. The molecule has 2 aromatic carbocycles. The minimum atomic E-state index is -0.157. The standard InChI is InChI=1S/C21H23N3O2S/c1-13(2)15-9-11-16(12-10-15)23-20(25)19-14(3)22-21(27-19)24-17-7-5-6-8-18(17)26-4/h5-13H,1-4H3,(H,22,24)(H,23,25). The summed E-state index contributed by atoms with van der Waals surface area (Å²) in [6, 6.07) is 15.5. The number of methoxy groups -OCH3 is 1. The Morgan fingerprint density at radius 2 is 1.81 bits per heavy atom. The highest BCUT2D eigenvalue weighted by molar-refractivity contribution is 7.17. The molecule has 0 unspecified atom stereocenters. The Morgan fingerprint density at radius 1 is 1.11 bits per heavy atom. The number of carbonyl (C=O) groups is 1. The lowest BCUT2D eigenvalue weighted by atomic mass is 10.0. The third-order valence-electron chi connectivity index (χ3n) is 4.19. The molecule has 140 valence electrons. The van der Waals surface area contributed by atoms with E-state index in [9.17, 15) is 4.79 Å². The number of hydrogen-bond acceptors (Lipinski definition) is 5. The fourth-order valence-corrected chi connectivity index (χ4v) is 3.54. The fourth-order valence-electron chi connectivity index (χ4n) is 2.66. The first kappa shape index (κ1) is 18.9. The van der Waals surface area contributed by atoms with Gasteiger partial charge in [0.25, 0.3) is 5.91 Å². The molecule has 0 bridgehead atoms. The smallest absolute Gasteiger partial charge is 0.267 e. The van der Waals surface area contributed by atoms with Gasteiger partial charge in [0, 0.05) is 5.69 Å². The Morgan fingerprint density at radius 3 is 2.48 bits per heavy atom. The number of rotatable bonds is 6. The summed E-state index contributed by atoms with van der Waals surface area (Å²) in [4.78, 5) is 17.7. The Hall–Kier alpha value is -2.86. The van der Waals surface area contributed by atoms with E-state index < -0.39 is 0 Å². The minimum Gasteiger partial charge on any atom is -0.495 e. The molecule has 0 radical (unpaired) electrons. The topological polar surface area (TPSA) is 63.2 Å². The lowest BCUT2D eigenvalue weighted by molar-refractivity contribution is 0.103. The van der Waals surface area contributed by atoms with Gasteiger partial charge in [-0.3, -0.25) is 4.79 Å². The van der Waals surface area contributed by atoms with Crippen LogP contribution in [0, 0.1) is 6.92 Å². The highest BCUT2D eigenvalue weighted by atomic mass is 32.1. The van der Waals surface area contributed by atoms with Gasteiger partial charge in [-0.1, -0.05) is 49.4 Å². The maximum Gasteiger partial charge on any atom is 0.267 e. The van der Waals surface area contributed by atoms with Crippen LogP contribution in [-0.2, 0) is 0 Å². The molecule has 5 nitrogen and oxygen atoms in total. The van der Waals surface area contributed by atoms with Crippen LogP contribution in [0.5, 0.6) is 5.75 Å². The number of nitrogens with zero attached hydrogens (tertiary/aromatic N) is 1. The van der Waals surface area contributed by atoms with Crippen molar-refractivity contribution in [2.45, 2.75) is 26.7 Å². The molecule has 3 rings (SSSR count). The predicted octanol–water partition coefficient (Wildman–Crippen LogP) is 5.58. The van der Waals surface area contributed by atoms with Crippen LogP contribution in [0.15, 0.2) is 48.5 Å². The van der Waals surface area contributed by atoms with E-state index in [2.05, 4.69) is 29.5 Å². The van der Waals surface area contributed by atoms with Crippen molar-refractivity contribution in [1.82, 2.24) is 4.98 Å². The second kappa shape index (κ2) is 8.22. The number of hydrogen-bond donors (Lipinski definition) is 2. The number of nitrogens with one attached hydrogen (secondary N) is 2. The highest BCUT2D eigenvalue weighted by Crippen LogP contribution is 2.31. The van der Waals surface area contributed by atoms with Crippen LogP contribution in [0.4, 0.5) is 16.5 Å². The number of aryl methyl sites for hydroxylation is 1. The molecule has 0 aliphatic heterocycles. The first-order valence-electron chi connectivity index (χ1n) is 8.76. The molecule has 0 saturated heterocycles. The van der Waals surface area contributed by atoms with Crippen molar-refractivity contribution in [2.24, 2.45) is 0 Å². The molecule has 2 N–H and O–H groups in total. The Kier molecular flexibility index (Phi) is 5.76. The van der Waals surface area contributed by atoms with Crippen LogP contribution in [0.25, 0.3) is 0 Å². The average Bonchev–Trinajstić information content (AvgIpc) is 3.03. The van der Waals surface area contributed by atoms with Gasteiger partial charge in [0.1, 0.15) is 10.6 Å². The molecule has 27 heavy (non-hydrogen) atoms. The van der Waals surface area contributed by atoms with Gasteiger partial charge in [-0.25, -0.2) is 4.98 Å². The summed E-state index contributed by atoms with van der Waals surface area (Å²) in [7, 11) is 1.62. The van der Waals surface area contributed by atoms with E-state index in [0.29, 0.717) is 21.6 Å². The van der Waals surface area contributed by atoms with Gasteiger partial charge < -0.3 is 15.4 Å². The van der Waals surface area contributed by atoms with Crippen molar-refractivity contribution >= 4 is 33.8 Å². The van der Waals surface area contributed by atoms with E-state index in [4.69, 9.17) is 4.74 Å². The zero-order valence-corrected chi connectivity index (χ0v) is 16.7. The molecule has 0 spiro atoms. The Balaban J connectivity index is 1.74. The van der Waals surface area contributed by atoms with E-state index in [1.165, 1.54) is 16.9 Å². The minimum absolute atomic E-state index is 0.157. The van der Waals surface area contributed by atoms with Crippen molar-refractivity contribution in [3.63, 3.8) is 0 Å².